The molecule has 0 aliphatic heterocycles. The number of hydrogen-bond acceptors (Lipinski definition) is 3. The van der Waals surface area contributed by atoms with Crippen LogP contribution >= 0.6 is 0 Å². The zero-order valence-corrected chi connectivity index (χ0v) is 10.4. The molecule has 0 radical (unpaired) electrons. The van der Waals surface area contributed by atoms with Crippen molar-refractivity contribution in [1.82, 2.24) is 5.32 Å². The number of aliphatic hydroxyl groups is 1. The van der Waals surface area contributed by atoms with Gasteiger partial charge in [0, 0.05) is 0 Å². The normalized spacial score (nSPS) is 16.3. The zero-order valence-electron chi connectivity index (χ0n) is 10.4. The largest absolute Gasteiger partial charge is 0.394 e. The number of hydrogen-bond donors (Lipinski definition) is 3. The Hall–Kier alpha value is -0.610. The molecule has 0 aromatic heterocycles. The van der Waals surface area contributed by atoms with Crippen molar-refractivity contribution < 1.29 is 9.90 Å². The Morgan fingerprint density at radius 2 is 1.87 bits per heavy atom. The summed E-state index contributed by atoms with van der Waals surface area (Å²) in [6, 6.07) is -0.767. The highest BCUT2D eigenvalue weighted by molar-refractivity contribution is 5.82. The van der Waals surface area contributed by atoms with Gasteiger partial charge in [0.25, 0.3) is 0 Å². The third-order valence-electron chi connectivity index (χ3n) is 2.54. The third kappa shape index (κ3) is 4.62. The summed E-state index contributed by atoms with van der Waals surface area (Å²) in [4.78, 5) is 11.7. The van der Waals surface area contributed by atoms with Crippen LogP contribution in [0.5, 0.6) is 0 Å². The summed E-state index contributed by atoms with van der Waals surface area (Å²) in [6.45, 7) is 9.59. The SMILES string of the molecule is CC(C)[C@@H](CO)NC(=O)C(N)C(C)(C)C. The maximum absolute atomic E-state index is 11.7. The highest BCUT2D eigenvalue weighted by Crippen LogP contribution is 2.17. The van der Waals surface area contributed by atoms with Crippen LogP contribution in [0, 0.1) is 11.3 Å². The van der Waals surface area contributed by atoms with Crippen LogP contribution in [0.4, 0.5) is 0 Å². The number of carbonyl (C=O) groups excluding carboxylic acids is 1. The molecule has 0 saturated heterocycles. The van der Waals surface area contributed by atoms with Crippen molar-refractivity contribution >= 4 is 5.91 Å². The number of carbonyl (C=O) groups is 1. The van der Waals surface area contributed by atoms with Crippen molar-refractivity contribution in [3.05, 3.63) is 0 Å². The van der Waals surface area contributed by atoms with Crippen LogP contribution in [0.3, 0.4) is 0 Å². The zero-order chi connectivity index (χ0) is 12.2. The highest BCUT2D eigenvalue weighted by atomic mass is 16.3. The molecule has 0 aromatic rings. The molecule has 0 heterocycles. The van der Waals surface area contributed by atoms with Gasteiger partial charge in [-0.25, -0.2) is 0 Å². The second-order valence-electron chi connectivity index (χ2n) is 5.39. The van der Waals surface area contributed by atoms with Crippen molar-refractivity contribution in [2.24, 2.45) is 17.1 Å². The van der Waals surface area contributed by atoms with Gasteiger partial charge in [0.2, 0.25) is 5.91 Å². The first-order chi connectivity index (χ1) is 6.70. The lowest BCUT2D eigenvalue weighted by Crippen LogP contribution is -2.53. The van der Waals surface area contributed by atoms with E-state index in [0.29, 0.717) is 0 Å². The van der Waals surface area contributed by atoms with Gasteiger partial charge in [0.15, 0.2) is 0 Å². The topological polar surface area (TPSA) is 75.3 Å². The fourth-order valence-electron chi connectivity index (χ4n) is 1.09. The summed E-state index contributed by atoms with van der Waals surface area (Å²) in [7, 11) is 0. The number of rotatable bonds is 4. The molecule has 0 aliphatic rings. The average Bonchev–Trinajstić information content (AvgIpc) is 2.10. The third-order valence-corrected chi connectivity index (χ3v) is 2.54. The van der Waals surface area contributed by atoms with E-state index in [0.717, 1.165) is 0 Å². The van der Waals surface area contributed by atoms with E-state index < -0.39 is 6.04 Å². The molecule has 4 N–H and O–H groups in total. The summed E-state index contributed by atoms with van der Waals surface area (Å²) in [6.07, 6.45) is 0. The Morgan fingerprint density at radius 1 is 1.40 bits per heavy atom. The fourth-order valence-corrected chi connectivity index (χ4v) is 1.09. The Balaban J connectivity index is 4.36. The van der Waals surface area contributed by atoms with Gasteiger partial charge in [-0.15, -0.1) is 0 Å². The smallest absolute Gasteiger partial charge is 0.237 e. The second-order valence-corrected chi connectivity index (χ2v) is 5.39. The molecule has 0 saturated carbocycles. The first-order valence-electron chi connectivity index (χ1n) is 5.37. The molecule has 0 rings (SSSR count). The molecule has 1 amide bonds. The summed E-state index contributed by atoms with van der Waals surface area (Å²) in [5.41, 5.74) is 5.54. The van der Waals surface area contributed by atoms with Gasteiger partial charge in [-0.2, -0.15) is 0 Å². The van der Waals surface area contributed by atoms with Gasteiger partial charge in [0.05, 0.1) is 18.7 Å². The molecule has 90 valence electrons. The molecule has 2 atom stereocenters. The van der Waals surface area contributed by atoms with Crippen molar-refractivity contribution in [3.8, 4) is 0 Å². The van der Waals surface area contributed by atoms with Crippen LogP contribution in [-0.4, -0.2) is 29.7 Å². The summed E-state index contributed by atoms with van der Waals surface area (Å²) in [5, 5.41) is 11.8. The first-order valence-corrected chi connectivity index (χ1v) is 5.37. The van der Waals surface area contributed by atoms with Gasteiger partial charge < -0.3 is 16.2 Å². The molecule has 0 spiro atoms. The van der Waals surface area contributed by atoms with Gasteiger partial charge >= 0.3 is 0 Å². The summed E-state index contributed by atoms with van der Waals surface area (Å²) < 4.78 is 0. The Labute approximate surface area is 92.2 Å². The van der Waals surface area contributed by atoms with E-state index >= 15 is 0 Å². The minimum Gasteiger partial charge on any atom is -0.394 e. The predicted octanol–water partition coefficient (Wildman–Crippen LogP) is 0.493. The van der Waals surface area contributed by atoms with E-state index in [1.807, 2.05) is 34.6 Å². The Morgan fingerprint density at radius 3 is 2.13 bits per heavy atom. The van der Waals surface area contributed by atoms with Crippen molar-refractivity contribution in [2.75, 3.05) is 6.61 Å². The molecule has 4 heteroatoms. The van der Waals surface area contributed by atoms with Crippen molar-refractivity contribution in [1.29, 1.82) is 0 Å². The number of nitrogens with one attached hydrogen (secondary N) is 1. The summed E-state index contributed by atoms with van der Waals surface area (Å²) in [5.74, 6) is 0.00127. The maximum Gasteiger partial charge on any atom is 0.237 e. The Bertz CT molecular complexity index is 209. The van der Waals surface area contributed by atoms with Crippen molar-refractivity contribution in [2.45, 2.75) is 46.7 Å². The molecule has 0 bridgehead atoms. The van der Waals surface area contributed by atoms with Crippen LogP contribution in [-0.2, 0) is 4.79 Å². The summed E-state index contributed by atoms with van der Waals surface area (Å²) >= 11 is 0. The lowest BCUT2D eigenvalue weighted by atomic mass is 9.86. The van der Waals surface area contributed by atoms with E-state index in [1.165, 1.54) is 0 Å². The van der Waals surface area contributed by atoms with Gasteiger partial charge in [-0.1, -0.05) is 34.6 Å². The molecule has 0 aliphatic carbocycles. The molecular weight excluding hydrogens is 192 g/mol. The van der Waals surface area contributed by atoms with Crippen LogP contribution in [0.15, 0.2) is 0 Å². The van der Waals surface area contributed by atoms with E-state index in [2.05, 4.69) is 5.32 Å². The minimum absolute atomic E-state index is 0.0553. The molecule has 0 aromatic carbocycles. The second kappa shape index (κ2) is 5.47. The molecule has 4 nitrogen and oxygen atoms in total. The van der Waals surface area contributed by atoms with E-state index in [4.69, 9.17) is 10.8 Å². The molecular formula is C11H24N2O2. The fraction of sp³-hybridized carbons (Fsp3) is 0.909. The van der Waals surface area contributed by atoms with Gasteiger partial charge in [-0.05, 0) is 11.3 Å². The predicted molar refractivity (Wildman–Crippen MR) is 61.3 cm³/mol. The molecule has 1 unspecified atom stereocenters. The molecule has 15 heavy (non-hydrogen) atoms. The van der Waals surface area contributed by atoms with Gasteiger partial charge in [-0.3, -0.25) is 4.79 Å². The monoisotopic (exact) mass is 216 g/mol. The average molecular weight is 216 g/mol. The van der Waals surface area contributed by atoms with E-state index in [-0.39, 0.29) is 29.9 Å². The van der Waals surface area contributed by atoms with Crippen LogP contribution in [0.1, 0.15) is 34.6 Å². The van der Waals surface area contributed by atoms with Crippen molar-refractivity contribution in [3.63, 3.8) is 0 Å². The lowest BCUT2D eigenvalue weighted by Gasteiger charge is -2.29. The van der Waals surface area contributed by atoms with Crippen LogP contribution in [0.2, 0.25) is 0 Å². The van der Waals surface area contributed by atoms with E-state index in [1.54, 1.807) is 0 Å². The van der Waals surface area contributed by atoms with Crippen LogP contribution < -0.4 is 11.1 Å². The Kier molecular flexibility index (Phi) is 5.24. The molecule has 0 fully saturated rings. The van der Waals surface area contributed by atoms with E-state index in [9.17, 15) is 4.79 Å². The number of amides is 1. The lowest BCUT2D eigenvalue weighted by molar-refractivity contribution is -0.125. The van der Waals surface area contributed by atoms with Gasteiger partial charge in [0.1, 0.15) is 0 Å². The van der Waals surface area contributed by atoms with Crippen LogP contribution in [0.25, 0.3) is 0 Å². The standard InChI is InChI=1S/C11H24N2O2/c1-7(2)8(6-14)13-10(15)9(12)11(3,4)5/h7-9,14H,6,12H2,1-5H3,(H,13,15)/t8-,9?/m1/s1. The number of aliphatic hydroxyl groups excluding tert-OH is 1. The maximum atomic E-state index is 11.7. The highest BCUT2D eigenvalue weighted by Gasteiger charge is 2.29. The first kappa shape index (κ1) is 14.4. The number of nitrogens with two attached hydrogens (primary N) is 1. The minimum atomic E-state index is -0.551. The quantitative estimate of drug-likeness (QED) is 0.640.